The quantitative estimate of drug-likeness (QED) is 0.828. The Labute approximate surface area is 169 Å². The minimum atomic E-state index is -0.544. The number of benzene rings is 1. The summed E-state index contributed by atoms with van der Waals surface area (Å²) in [6.07, 6.45) is 2.08. The van der Waals surface area contributed by atoms with Gasteiger partial charge in [-0.3, -0.25) is 4.79 Å². The van der Waals surface area contributed by atoms with E-state index < -0.39 is 5.91 Å². The number of primary amides is 1. The third-order valence-electron chi connectivity index (χ3n) is 5.44. The Hall–Kier alpha value is -2.83. The fourth-order valence-corrected chi connectivity index (χ4v) is 4.14. The fraction of sp³-hybridized carbons (Fsp3) is 0.455. The molecule has 2 aromatic rings. The number of nitrogens with two attached hydrogens (primary N) is 1. The van der Waals surface area contributed by atoms with Crippen LogP contribution in [0, 0.1) is 5.82 Å². The van der Waals surface area contributed by atoms with Crippen LogP contribution >= 0.6 is 0 Å². The monoisotopic (exact) mass is 398 g/mol. The molecule has 7 heteroatoms. The lowest BCUT2D eigenvalue weighted by atomic mass is 9.97. The first-order valence-corrected chi connectivity index (χ1v) is 10.0. The van der Waals surface area contributed by atoms with E-state index in [0.29, 0.717) is 36.7 Å². The molecule has 2 aliphatic rings. The highest BCUT2D eigenvalue weighted by atomic mass is 19.1. The van der Waals surface area contributed by atoms with Crippen LogP contribution in [0.1, 0.15) is 61.3 Å². The Morgan fingerprint density at radius 3 is 2.52 bits per heavy atom. The maximum absolute atomic E-state index is 14.0. The number of urea groups is 1. The van der Waals surface area contributed by atoms with Gasteiger partial charge in [-0.2, -0.15) is 0 Å². The molecule has 1 aromatic heterocycles. The minimum absolute atomic E-state index is 0.166. The maximum Gasteiger partial charge on any atom is 0.318 e. The zero-order valence-electron chi connectivity index (χ0n) is 17.1. The van der Waals surface area contributed by atoms with Gasteiger partial charge in [-0.05, 0) is 57.2 Å². The van der Waals surface area contributed by atoms with Crippen LogP contribution in [0.15, 0.2) is 24.3 Å². The van der Waals surface area contributed by atoms with Gasteiger partial charge >= 0.3 is 6.03 Å². The Morgan fingerprint density at radius 1 is 1.21 bits per heavy atom. The van der Waals surface area contributed by atoms with E-state index in [1.807, 2.05) is 26.8 Å². The van der Waals surface area contributed by atoms with Crippen molar-refractivity contribution < 1.29 is 14.0 Å². The Balaban J connectivity index is 1.82. The van der Waals surface area contributed by atoms with Crippen molar-refractivity contribution in [3.8, 4) is 11.1 Å². The summed E-state index contributed by atoms with van der Waals surface area (Å²) in [5.41, 5.74) is 9.05. The average Bonchev–Trinajstić information content (AvgIpc) is 3.40. The van der Waals surface area contributed by atoms with Crippen LogP contribution in [-0.2, 0) is 13.1 Å². The zero-order valence-corrected chi connectivity index (χ0v) is 17.1. The molecule has 6 nitrogen and oxygen atoms in total. The number of hydrogen-bond donors (Lipinski definition) is 2. The highest BCUT2D eigenvalue weighted by Gasteiger charge is 2.38. The van der Waals surface area contributed by atoms with Gasteiger partial charge in [0.2, 0.25) is 0 Å². The smallest absolute Gasteiger partial charge is 0.318 e. The van der Waals surface area contributed by atoms with Crippen molar-refractivity contribution in [2.45, 2.75) is 58.2 Å². The van der Waals surface area contributed by atoms with Gasteiger partial charge in [-0.15, -0.1) is 0 Å². The van der Waals surface area contributed by atoms with Crippen molar-refractivity contribution in [3.63, 3.8) is 0 Å². The van der Waals surface area contributed by atoms with E-state index in [9.17, 15) is 14.0 Å². The number of aromatic nitrogens is 1. The summed E-state index contributed by atoms with van der Waals surface area (Å²) >= 11 is 0. The molecule has 0 bridgehead atoms. The third kappa shape index (κ3) is 3.73. The normalized spacial score (nSPS) is 16.5. The number of nitrogens with one attached hydrogen (secondary N) is 1. The largest absolute Gasteiger partial charge is 0.366 e. The van der Waals surface area contributed by atoms with Gasteiger partial charge in [0, 0.05) is 29.9 Å². The van der Waals surface area contributed by atoms with E-state index in [4.69, 9.17) is 5.73 Å². The van der Waals surface area contributed by atoms with Gasteiger partial charge in [0.1, 0.15) is 5.82 Å². The zero-order chi connectivity index (χ0) is 20.9. The van der Waals surface area contributed by atoms with Gasteiger partial charge in [0.25, 0.3) is 5.91 Å². The van der Waals surface area contributed by atoms with Gasteiger partial charge in [-0.1, -0.05) is 12.1 Å². The fourth-order valence-electron chi connectivity index (χ4n) is 4.14. The molecular formula is C22H27FN4O2. The van der Waals surface area contributed by atoms with Crippen LogP contribution < -0.4 is 11.1 Å². The van der Waals surface area contributed by atoms with Crippen molar-refractivity contribution in [2.24, 2.45) is 5.73 Å². The summed E-state index contributed by atoms with van der Waals surface area (Å²) in [4.78, 5) is 26.9. The summed E-state index contributed by atoms with van der Waals surface area (Å²) in [7, 11) is 0. The first-order valence-electron chi connectivity index (χ1n) is 10.0. The van der Waals surface area contributed by atoms with Crippen LogP contribution in [0.25, 0.3) is 11.1 Å². The Kier molecular flexibility index (Phi) is 4.63. The number of carbonyl (C=O) groups excluding carboxylic acids is 2. The number of nitrogens with zero attached hydrogens (tertiary/aromatic N) is 2. The number of carbonyl (C=O) groups is 2. The number of hydrogen-bond acceptors (Lipinski definition) is 2. The lowest BCUT2D eigenvalue weighted by molar-refractivity contribution is 0.0997. The van der Waals surface area contributed by atoms with E-state index in [0.717, 1.165) is 29.8 Å². The molecule has 154 valence electrons. The van der Waals surface area contributed by atoms with Crippen LogP contribution in [0.4, 0.5) is 9.18 Å². The van der Waals surface area contributed by atoms with Gasteiger partial charge in [-0.25, -0.2) is 9.18 Å². The molecule has 1 aromatic carbocycles. The van der Waals surface area contributed by atoms with Crippen LogP contribution in [0.5, 0.6) is 0 Å². The van der Waals surface area contributed by atoms with Crippen molar-refractivity contribution in [2.75, 3.05) is 6.54 Å². The van der Waals surface area contributed by atoms with Crippen molar-refractivity contribution >= 4 is 11.9 Å². The lowest BCUT2D eigenvalue weighted by Gasteiger charge is -2.33. The molecule has 29 heavy (non-hydrogen) atoms. The van der Waals surface area contributed by atoms with Crippen molar-refractivity contribution in [1.82, 2.24) is 14.8 Å². The van der Waals surface area contributed by atoms with Gasteiger partial charge in [0.05, 0.1) is 17.8 Å². The molecule has 1 aliphatic heterocycles. The predicted molar refractivity (Wildman–Crippen MR) is 109 cm³/mol. The predicted octanol–water partition coefficient (Wildman–Crippen LogP) is 3.59. The lowest BCUT2D eigenvalue weighted by Crippen LogP contribution is -2.50. The standard InChI is InChI=1S/C22H27FN4O2/c1-22(2,3)25-21(29)26-9-10-27-16(12-26)18(20(24)28)17(19(27)13-7-8-13)14-5-4-6-15(23)11-14/h4-6,11,13H,7-10,12H2,1-3H3,(H2,24,28)(H,25,29). The third-order valence-corrected chi connectivity index (χ3v) is 5.44. The van der Waals surface area contributed by atoms with Gasteiger partial charge < -0.3 is 20.5 Å². The Bertz CT molecular complexity index is 985. The second kappa shape index (κ2) is 6.90. The molecule has 0 spiro atoms. The molecule has 0 unspecified atom stereocenters. The van der Waals surface area contributed by atoms with Crippen molar-refractivity contribution in [1.29, 1.82) is 0 Å². The van der Waals surface area contributed by atoms with Crippen LogP contribution in [-0.4, -0.2) is 33.5 Å². The van der Waals surface area contributed by atoms with E-state index in [1.54, 1.807) is 11.0 Å². The second-order valence-corrected chi connectivity index (χ2v) is 8.98. The maximum atomic E-state index is 14.0. The highest BCUT2D eigenvalue weighted by molar-refractivity contribution is 6.02. The van der Waals surface area contributed by atoms with Gasteiger partial charge in [0.15, 0.2) is 0 Å². The number of amides is 3. The van der Waals surface area contributed by atoms with E-state index in [1.165, 1.54) is 12.1 Å². The molecule has 0 radical (unpaired) electrons. The molecule has 1 saturated carbocycles. The Morgan fingerprint density at radius 2 is 1.93 bits per heavy atom. The number of fused-ring (bicyclic) bond motifs is 1. The number of rotatable bonds is 3. The summed E-state index contributed by atoms with van der Waals surface area (Å²) in [6, 6.07) is 6.13. The summed E-state index contributed by atoms with van der Waals surface area (Å²) in [5.74, 6) is -0.553. The topological polar surface area (TPSA) is 80.4 Å². The molecule has 1 aliphatic carbocycles. The van der Waals surface area contributed by atoms with Crippen molar-refractivity contribution in [3.05, 3.63) is 47.0 Å². The van der Waals surface area contributed by atoms with E-state index in [-0.39, 0.29) is 17.4 Å². The molecule has 1 fully saturated rings. The average molecular weight is 398 g/mol. The van der Waals surface area contributed by atoms with Crippen LogP contribution in [0.2, 0.25) is 0 Å². The molecule has 0 atom stereocenters. The summed E-state index contributed by atoms with van der Waals surface area (Å²) in [6.45, 7) is 7.23. The van der Waals surface area contributed by atoms with E-state index >= 15 is 0 Å². The first kappa shape index (κ1) is 19.5. The molecule has 3 N–H and O–H groups in total. The SMILES string of the molecule is CC(C)(C)NC(=O)N1CCn2c(c(C(N)=O)c(-c3cccc(F)c3)c2C2CC2)C1. The summed E-state index contributed by atoms with van der Waals surface area (Å²) < 4.78 is 16.1. The molecule has 2 heterocycles. The first-order chi connectivity index (χ1) is 13.7. The van der Waals surface area contributed by atoms with E-state index in [2.05, 4.69) is 9.88 Å². The molecule has 3 amide bonds. The molecule has 0 saturated heterocycles. The molecular weight excluding hydrogens is 371 g/mol. The molecule has 4 rings (SSSR count). The second-order valence-electron chi connectivity index (χ2n) is 8.98. The minimum Gasteiger partial charge on any atom is -0.366 e. The number of halogens is 1. The van der Waals surface area contributed by atoms with Crippen LogP contribution in [0.3, 0.4) is 0 Å². The summed E-state index contributed by atoms with van der Waals surface area (Å²) in [5, 5.41) is 2.98. The highest BCUT2D eigenvalue weighted by Crippen LogP contribution is 2.48.